The summed E-state index contributed by atoms with van der Waals surface area (Å²) < 4.78 is 31.5. The van der Waals surface area contributed by atoms with Crippen molar-refractivity contribution in [1.82, 2.24) is 0 Å². The minimum Gasteiger partial charge on any atom is -0.497 e. The summed E-state index contributed by atoms with van der Waals surface area (Å²) in [4.78, 5) is 0. The second-order valence-electron chi connectivity index (χ2n) is 4.63. The van der Waals surface area contributed by atoms with Gasteiger partial charge in [0.15, 0.2) is 0 Å². The van der Waals surface area contributed by atoms with Gasteiger partial charge in [0.05, 0.1) is 12.7 Å². The summed E-state index contributed by atoms with van der Waals surface area (Å²) in [7, 11) is 1.61. The van der Waals surface area contributed by atoms with Crippen LogP contribution in [0.4, 0.5) is 8.78 Å². The number of halogens is 2. The lowest BCUT2D eigenvalue weighted by Gasteiger charge is -2.09. The molecular weight excluding hydrogens is 270 g/mol. The minimum absolute atomic E-state index is 0.000333. The first-order valence-electron chi connectivity index (χ1n) is 6.74. The van der Waals surface area contributed by atoms with Crippen LogP contribution in [0.15, 0.2) is 42.5 Å². The van der Waals surface area contributed by atoms with Gasteiger partial charge >= 0.3 is 0 Å². The third kappa shape index (κ3) is 3.82. The van der Waals surface area contributed by atoms with Crippen LogP contribution in [0.2, 0.25) is 0 Å². The fourth-order valence-electron chi connectivity index (χ4n) is 2.01. The number of benzene rings is 2. The number of hydrogen-bond acceptors (Lipinski definition) is 1. The van der Waals surface area contributed by atoms with Gasteiger partial charge in [-0.05, 0) is 36.2 Å². The molecule has 1 nitrogen and oxygen atoms in total. The summed E-state index contributed by atoms with van der Waals surface area (Å²) in [5.41, 5.74) is 1.26. The standard InChI is InChI=1S/C18H16F2O/c1-3-13(14-7-10-17(21-2)11-8-14)4-5-15-6-9-16(19)12-18(15)20/h6-13H,3H2,1-2H3. The Labute approximate surface area is 123 Å². The Hall–Kier alpha value is -2.34. The average molecular weight is 286 g/mol. The molecule has 0 aliphatic rings. The summed E-state index contributed by atoms with van der Waals surface area (Å²) in [6, 6.07) is 11.1. The molecule has 0 amide bonds. The van der Waals surface area contributed by atoms with Gasteiger partial charge in [0.25, 0.3) is 0 Å². The molecule has 0 N–H and O–H groups in total. The molecule has 0 saturated carbocycles. The topological polar surface area (TPSA) is 9.23 Å². The van der Waals surface area contributed by atoms with Gasteiger partial charge in [0.1, 0.15) is 17.4 Å². The molecule has 0 spiro atoms. The predicted octanol–water partition coefficient (Wildman–Crippen LogP) is 4.52. The molecule has 2 aromatic carbocycles. The molecule has 3 heteroatoms. The van der Waals surface area contributed by atoms with Crippen molar-refractivity contribution in [3.63, 3.8) is 0 Å². The zero-order valence-electron chi connectivity index (χ0n) is 12.0. The Balaban J connectivity index is 2.24. The lowest BCUT2D eigenvalue weighted by Crippen LogP contribution is -1.95. The van der Waals surface area contributed by atoms with Gasteiger partial charge in [-0.15, -0.1) is 0 Å². The van der Waals surface area contributed by atoms with Crippen molar-refractivity contribution in [1.29, 1.82) is 0 Å². The predicted molar refractivity (Wildman–Crippen MR) is 79.3 cm³/mol. The van der Waals surface area contributed by atoms with Crippen molar-refractivity contribution in [2.75, 3.05) is 7.11 Å². The minimum atomic E-state index is -0.632. The van der Waals surface area contributed by atoms with Crippen molar-refractivity contribution >= 4 is 0 Å². The largest absolute Gasteiger partial charge is 0.497 e. The zero-order valence-corrected chi connectivity index (χ0v) is 12.0. The van der Waals surface area contributed by atoms with Crippen LogP contribution >= 0.6 is 0 Å². The summed E-state index contributed by atoms with van der Waals surface area (Å²) in [6.07, 6.45) is 0.808. The number of rotatable bonds is 3. The smallest absolute Gasteiger partial charge is 0.141 e. The van der Waals surface area contributed by atoms with E-state index in [0.717, 1.165) is 23.8 Å². The van der Waals surface area contributed by atoms with Gasteiger partial charge in [-0.25, -0.2) is 8.78 Å². The molecule has 0 bridgehead atoms. The monoisotopic (exact) mass is 286 g/mol. The molecular formula is C18H16F2O. The third-order valence-electron chi connectivity index (χ3n) is 3.24. The third-order valence-corrected chi connectivity index (χ3v) is 3.24. The van der Waals surface area contributed by atoms with Crippen molar-refractivity contribution < 1.29 is 13.5 Å². The van der Waals surface area contributed by atoms with Gasteiger partial charge in [0, 0.05) is 12.0 Å². The van der Waals surface area contributed by atoms with Gasteiger partial charge in [0.2, 0.25) is 0 Å². The number of ether oxygens (including phenoxy) is 1. The lowest BCUT2D eigenvalue weighted by molar-refractivity contribution is 0.414. The second kappa shape index (κ2) is 6.90. The Morgan fingerprint density at radius 2 is 1.81 bits per heavy atom. The molecule has 0 radical (unpaired) electrons. The molecule has 0 aliphatic carbocycles. The maximum absolute atomic E-state index is 13.5. The average Bonchev–Trinajstić information content (AvgIpc) is 2.50. The summed E-state index contributed by atoms with van der Waals surface area (Å²) >= 11 is 0. The van der Waals surface area contributed by atoms with E-state index in [-0.39, 0.29) is 11.5 Å². The van der Waals surface area contributed by atoms with E-state index in [9.17, 15) is 8.78 Å². The molecule has 2 aromatic rings. The molecule has 1 atom stereocenters. The van der Waals surface area contributed by atoms with E-state index in [1.165, 1.54) is 12.1 Å². The fourth-order valence-corrected chi connectivity index (χ4v) is 2.01. The van der Waals surface area contributed by atoms with Gasteiger partial charge in [-0.2, -0.15) is 0 Å². The van der Waals surface area contributed by atoms with E-state index in [4.69, 9.17) is 4.74 Å². The Morgan fingerprint density at radius 3 is 2.38 bits per heavy atom. The van der Waals surface area contributed by atoms with E-state index in [0.29, 0.717) is 0 Å². The van der Waals surface area contributed by atoms with E-state index in [1.807, 2.05) is 31.2 Å². The maximum atomic E-state index is 13.5. The summed E-state index contributed by atoms with van der Waals surface area (Å²) in [5, 5.41) is 0. The number of methoxy groups -OCH3 is 1. The second-order valence-corrected chi connectivity index (χ2v) is 4.63. The Bertz CT molecular complexity index is 666. The van der Waals surface area contributed by atoms with Crippen LogP contribution in [0.1, 0.15) is 30.4 Å². The van der Waals surface area contributed by atoms with E-state index in [2.05, 4.69) is 11.8 Å². The van der Waals surface area contributed by atoms with Crippen LogP contribution in [0.5, 0.6) is 5.75 Å². The van der Waals surface area contributed by atoms with Crippen molar-refractivity contribution in [2.24, 2.45) is 0 Å². The van der Waals surface area contributed by atoms with Gasteiger partial charge in [-0.3, -0.25) is 0 Å². The fraction of sp³-hybridized carbons (Fsp3) is 0.222. The van der Waals surface area contributed by atoms with Gasteiger partial charge < -0.3 is 4.74 Å². The zero-order chi connectivity index (χ0) is 15.2. The highest BCUT2D eigenvalue weighted by Gasteiger charge is 2.07. The van der Waals surface area contributed by atoms with Crippen LogP contribution in [0, 0.1) is 23.5 Å². The lowest BCUT2D eigenvalue weighted by atomic mass is 9.96. The van der Waals surface area contributed by atoms with Crippen molar-refractivity contribution in [3.8, 4) is 17.6 Å². The van der Waals surface area contributed by atoms with E-state index < -0.39 is 11.6 Å². The van der Waals surface area contributed by atoms with Crippen LogP contribution in [0.3, 0.4) is 0 Å². The van der Waals surface area contributed by atoms with Crippen LogP contribution < -0.4 is 4.74 Å². The number of hydrogen-bond donors (Lipinski definition) is 0. The summed E-state index contributed by atoms with van der Waals surface area (Å²) in [6.45, 7) is 2.02. The highest BCUT2D eigenvalue weighted by atomic mass is 19.1. The summed E-state index contributed by atoms with van der Waals surface area (Å²) in [5.74, 6) is 5.40. The van der Waals surface area contributed by atoms with Gasteiger partial charge in [-0.1, -0.05) is 30.9 Å². The van der Waals surface area contributed by atoms with E-state index in [1.54, 1.807) is 7.11 Å². The molecule has 0 aliphatic heterocycles. The Kier molecular flexibility index (Phi) is 4.94. The van der Waals surface area contributed by atoms with Crippen molar-refractivity contribution in [3.05, 3.63) is 65.2 Å². The van der Waals surface area contributed by atoms with Crippen LogP contribution in [0.25, 0.3) is 0 Å². The molecule has 21 heavy (non-hydrogen) atoms. The van der Waals surface area contributed by atoms with Crippen LogP contribution in [-0.4, -0.2) is 7.11 Å². The SMILES string of the molecule is CCC(C#Cc1ccc(F)cc1F)c1ccc(OC)cc1. The Morgan fingerprint density at radius 1 is 1.10 bits per heavy atom. The first kappa shape index (κ1) is 15.1. The molecule has 0 saturated heterocycles. The molecule has 1 unspecified atom stereocenters. The van der Waals surface area contributed by atoms with Crippen LogP contribution in [-0.2, 0) is 0 Å². The molecule has 0 aromatic heterocycles. The molecule has 108 valence electrons. The first-order chi connectivity index (χ1) is 10.1. The maximum Gasteiger partial charge on any atom is 0.141 e. The highest BCUT2D eigenvalue weighted by molar-refractivity contribution is 5.40. The van der Waals surface area contributed by atoms with Crippen molar-refractivity contribution in [2.45, 2.75) is 19.3 Å². The molecule has 2 rings (SSSR count). The normalized spacial score (nSPS) is 11.4. The molecule has 0 fully saturated rings. The first-order valence-corrected chi connectivity index (χ1v) is 6.74. The quantitative estimate of drug-likeness (QED) is 0.754. The van der Waals surface area contributed by atoms with E-state index >= 15 is 0 Å². The molecule has 0 heterocycles. The highest BCUT2D eigenvalue weighted by Crippen LogP contribution is 2.22.